The van der Waals surface area contributed by atoms with Crippen molar-refractivity contribution >= 4 is 28.3 Å². The fraction of sp³-hybridized carbons (Fsp3) is 0.238. The molecule has 0 saturated heterocycles. The zero-order valence-corrected chi connectivity index (χ0v) is 14.8. The Kier molecular flexibility index (Phi) is 4.21. The number of aryl methyl sites for hydroxylation is 1. The summed E-state index contributed by atoms with van der Waals surface area (Å²) in [6.45, 7) is 7.44. The monoisotopic (exact) mass is 335 g/mol. The zero-order valence-electron chi connectivity index (χ0n) is 14.8. The van der Waals surface area contributed by atoms with Gasteiger partial charge in [-0.1, -0.05) is 51.1 Å². The molecule has 1 heterocycles. The summed E-state index contributed by atoms with van der Waals surface area (Å²) in [4.78, 5) is 24.8. The molecule has 4 heteroatoms. The van der Waals surface area contributed by atoms with Crippen molar-refractivity contribution in [2.45, 2.75) is 27.7 Å². The van der Waals surface area contributed by atoms with Gasteiger partial charge in [0.25, 0.3) is 0 Å². The third-order valence-electron chi connectivity index (χ3n) is 4.12. The van der Waals surface area contributed by atoms with Crippen LogP contribution in [0.4, 0.5) is 5.69 Å². The summed E-state index contributed by atoms with van der Waals surface area (Å²) in [6, 6.07) is 14.5. The molecule has 4 nitrogen and oxygen atoms in total. The molecule has 2 aromatic carbocycles. The maximum atomic E-state index is 12.7. The number of amides is 1. The second-order valence-corrected chi connectivity index (χ2v) is 7.17. The summed E-state index contributed by atoms with van der Waals surface area (Å²) in [6.07, 6.45) is 0. The van der Waals surface area contributed by atoms with Crippen LogP contribution in [-0.2, 0) is 4.79 Å². The normalized spacial score (nSPS) is 11.5. The van der Waals surface area contributed by atoms with Crippen molar-refractivity contribution in [1.29, 1.82) is 0 Å². The van der Waals surface area contributed by atoms with Gasteiger partial charge in [0.05, 0.1) is 0 Å². The maximum absolute atomic E-state index is 12.7. The van der Waals surface area contributed by atoms with Crippen LogP contribution < -0.4 is 5.32 Å². The Morgan fingerprint density at radius 1 is 1.00 bits per heavy atom. The molecule has 128 valence electrons. The maximum Gasteiger partial charge on any atom is 0.229 e. The van der Waals surface area contributed by atoms with Crippen LogP contribution in [0.25, 0.3) is 11.0 Å². The summed E-state index contributed by atoms with van der Waals surface area (Å²) in [7, 11) is 0. The predicted molar refractivity (Wildman–Crippen MR) is 98.9 cm³/mol. The van der Waals surface area contributed by atoms with Gasteiger partial charge in [-0.05, 0) is 19.1 Å². The summed E-state index contributed by atoms with van der Waals surface area (Å²) in [5.41, 5.74) is 2.15. The second kappa shape index (κ2) is 6.20. The van der Waals surface area contributed by atoms with Crippen molar-refractivity contribution in [2.24, 2.45) is 5.41 Å². The lowest BCUT2D eigenvalue weighted by Crippen LogP contribution is -2.27. The highest BCUT2D eigenvalue weighted by Crippen LogP contribution is 2.30. The minimum absolute atomic E-state index is 0.0734. The van der Waals surface area contributed by atoms with E-state index in [0.29, 0.717) is 22.6 Å². The predicted octanol–water partition coefficient (Wildman–Crippen LogP) is 4.96. The molecule has 1 N–H and O–H groups in total. The lowest BCUT2D eigenvalue weighted by molar-refractivity contribution is -0.123. The number of rotatable bonds is 3. The van der Waals surface area contributed by atoms with E-state index in [4.69, 9.17) is 4.42 Å². The van der Waals surface area contributed by atoms with E-state index in [-0.39, 0.29) is 11.7 Å². The van der Waals surface area contributed by atoms with E-state index in [0.717, 1.165) is 10.9 Å². The molecule has 0 aliphatic carbocycles. The van der Waals surface area contributed by atoms with E-state index in [1.54, 1.807) is 18.2 Å². The van der Waals surface area contributed by atoms with Crippen molar-refractivity contribution in [3.05, 3.63) is 65.4 Å². The van der Waals surface area contributed by atoms with Crippen LogP contribution in [0.2, 0.25) is 0 Å². The number of fused-ring (bicyclic) bond motifs is 1. The molecular weight excluding hydrogens is 314 g/mol. The number of hydrogen-bond donors (Lipinski definition) is 1. The highest BCUT2D eigenvalue weighted by Gasteiger charge is 2.22. The number of carbonyl (C=O) groups excluding carboxylic acids is 2. The van der Waals surface area contributed by atoms with E-state index in [1.807, 2.05) is 58.0 Å². The minimum Gasteiger partial charge on any atom is -0.452 e. The number of benzene rings is 2. The molecule has 0 unspecified atom stereocenters. The fourth-order valence-electron chi connectivity index (χ4n) is 2.56. The standard InChI is InChI=1S/C21H21NO3/c1-13-16-11-10-15(22-20(24)21(2,3)4)12-17(16)25-19(13)18(23)14-8-6-5-7-9-14/h5-12H,1-4H3,(H,22,24). The third kappa shape index (κ3) is 3.33. The van der Waals surface area contributed by atoms with Gasteiger partial charge in [-0.15, -0.1) is 0 Å². The van der Waals surface area contributed by atoms with Crippen molar-refractivity contribution < 1.29 is 14.0 Å². The molecule has 0 aliphatic rings. The van der Waals surface area contributed by atoms with Gasteiger partial charge < -0.3 is 9.73 Å². The van der Waals surface area contributed by atoms with E-state index >= 15 is 0 Å². The van der Waals surface area contributed by atoms with Gasteiger partial charge >= 0.3 is 0 Å². The van der Waals surface area contributed by atoms with E-state index < -0.39 is 5.41 Å². The van der Waals surface area contributed by atoms with Gasteiger partial charge in [-0.2, -0.15) is 0 Å². The summed E-state index contributed by atoms with van der Waals surface area (Å²) in [5.74, 6) is 0.116. The Labute approximate surface area is 146 Å². The van der Waals surface area contributed by atoms with Crippen LogP contribution in [0.5, 0.6) is 0 Å². The first kappa shape index (κ1) is 17.0. The Hall–Kier alpha value is -2.88. The van der Waals surface area contributed by atoms with Crippen LogP contribution in [0.3, 0.4) is 0 Å². The lowest BCUT2D eigenvalue weighted by atomic mass is 9.95. The molecule has 1 aromatic heterocycles. The van der Waals surface area contributed by atoms with Crippen LogP contribution in [-0.4, -0.2) is 11.7 Å². The average molecular weight is 335 g/mol. The Balaban J connectivity index is 1.97. The molecular formula is C21H21NO3. The first-order valence-electron chi connectivity index (χ1n) is 8.22. The molecule has 0 radical (unpaired) electrons. The number of furan rings is 1. The van der Waals surface area contributed by atoms with Gasteiger partial charge in [0, 0.05) is 33.7 Å². The summed E-state index contributed by atoms with van der Waals surface area (Å²) in [5, 5.41) is 3.75. The average Bonchev–Trinajstić information content (AvgIpc) is 2.90. The Morgan fingerprint density at radius 2 is 1.68 bits per heavy atom. The minimum atomic E-state index is -0.484. The molecule has 0 fully saturated rings. The fourth-order valence-corrected chi connectivity index (χ4v) is 2.56. The summed E-state index contributed by atoms with van der Waals surface area (Å²) < 4.78 is 5.82. The van der Waals surface area contributed by atoms with Crippen LogP contribution >= 0.6 is 0 Å². The molecule has 3 rings (SSSR count). The van der Waals surface area contributed by atoms with Gasteiger partial charge in [-0.3, -0.25) is 9.59 Å². The summed E-state index contributed by atoms with van der Waals surface area (Å²) >= 11 is 0. The van der Waals surface area contributed by atoms with Crippen molar-refractivity contribution in [3.63, 3.8) is 0 Å². The van der Waals surface area contributed by atoms with Crippen LogP contribution in [0.15, 0.2) is 52.9 Å². The van der Waals surface area contributed by atoms with E-state index in [9.17, 15) is 9.59 Å². The number of nitrogens with one attached hydrogen (secondary N) is 1. The highest BCUT2D eigenvalue weighted by atomic mass is 16.3. The van der Waals surface area contributed by atoms with Crippen LogP contribution in [0, 0.1) is 12.3 Å². The van der Waals surface area contributed by atoms with Gasteiger partial charge in [-0.25, -0.2) is 0 Å². The lowest BCUT2D eigenvalue weighted by Gasteiger charge is -2.17. The Morgan fingerprint density at radius 3 is 2.32 bits per heavy atom. The van der Waals surface area contributed by atoms with Gasteiger partial charge in [0.15, 0.2) is 5.76 Å². The largest absolute Gasteiger partial charge is 0.452 e. The molecule has 1 amide bonds. The first-order valence-corrected chi connectivity index (χ1v) is 8.22. The number of carbonyl (C=O) groups is 2. The highest BCUT2D eigenvalue weighted by molar-refractivity contribution is 6.10. The molecule has 3 aromatic rings. The molecule has 0 spiro atoms. The quantitative estimate of drug-likeness (QED) is 0.688. The van der Waals surface area contributed by atoms with Gasteiger partial charge in [0.2, 0.25) is 11.7 Å². The Bertz CT molecular complexity index is 946. The topological polar surface area (TPSA) is 59.3 Å². The van der Waals surface area contributed by atoms with Gasteiger partial charge in [0.1, 0.15) is 5.58 Å². The second-order valence-electron chi connectivity index (χ2n) is 7.17. The molecule has 25 heavy (non-hydrogen) atoms. The zero-order chi connectivity index (χ0) is 18.2. The molecule has 0 atom stereocenters. The first-order chi connectivity index (χ1) is 11.8. The molecule has 0 aliphatic heterocycles. The van der Waals surface area contributed by atoms with E-state index in [2.05, 4.69) is 5.32 Å². The number of ketones is 1. The smallest absolute Gasteiger partial charge is 0.229 e. The molecule has 0 bridgehead atoms. The number of hydrogen-bond acceptors (Lipinski definition) is 3. The van der Waals surface area contributed by atoms with E-state index in [1.165, 1.54) is 0 Å². The molecule has 0 saturated carbocycles. The third-order valence-corrected chi connectivity index (χ3v) is 4.12. The van der Waals surface area contributed by atoms with Crippen molar-refractivity contribution in [2.75, 3.05) is 5.32 Å². The number of anilines is 1. The van der Waals surface area contributed by atoms with Crippen LogP contribution in [0.1, 0.15) is 42.5 Å². The van der Waals surface area contributed by atoms with Crippen molar-refractivity contribution in [3.8, 4) is 0 Å². The SMILES string of the molecule is Cc1c(C(=O)c2ccccc2)oc2cc(NC(=O)C(C)(C)C)ccc12. The van der Waals surface area contributed by atoms with Crippen molar-refractivity contribution in [1.82, 2.24) is 0 Å².